The molecule has 0 aliphatic rings. The fourth-order valence-corrected chi connectivity index (χ4v) is 2.91. The topological polar surface area (TPSA) is 38.9 Å². The summed E-state index contributed by atoms with van der Waals surface area (Å²) in [5.74, 6) is 0.597. The maximum absolute atomic E-state index is 12.7. The molecule has 2 aromatic rings. The van der Waals surface area contributed by atoms with Crippen LogP contribution in [0.15, 0.2) is 34.5 Å². The molecule has 2 rings (SSSR count). The van der Waals surface area contributed by atoms with E-state index in [0.717, 1.165) is 21.3 Å². The molecule has 0 spiro atoms. The molecule has 0 aliphatic heterocycles. The van der Waals surface area contributed by atoms with Gasteiger partial charge in [-0.2, -0.15) is 0 Å². The predicted octanol–water partition coefficient (Wildman–Crippen LogP) is 3.03. The second kappa shape index (κ2) is 5.43. The van der Waals surface area contributed by atoms with Crippen LogP contribution in [0.25, 0.3) is 0 Å². The Kier molecular flexibility index (Phi) is 3.93. The average Bonchev–Trinajstić information content (AvgIpc) is 2.76. The molecule has 1 heterocycles. The van der Waals surface area contributed by atoms with Crippen molar-refractivity contribution in [3.05, 3.63) is 46.2 Å². The maximum atomic E-state index is 12.7. The van der Waals surface area contributed by atoms with Crippen LogP contribution in [0, 0.1) is 5.82 Å². The number of nitrogens with zero attached hydrogens (tertiary/aromatic N) is 1. The Hall–Kier alpha value is -0.910. The first-order valence-corrected chi connectivity index (χ1v) is 6.66. The van der Waals surface area contributed by atoms with E-state index in [2.05, 4.69) is 4.98 Å². The summed E-state index contributed by atoms with van der Waals surface area (Å²) in [7, 11) is 0. The van der Waals surface area contributed by atoms with Crippen LogP contribution in [0.1, 0.15) is 10.7 Å². The van der Waals surface area contributed by atoms with Crippen molar-refractivity contribution in [2.75, 3.05) is 0 Å². The first-order chi connectivity index (χ1) is 7.78. The minimum Gasteiger partial charge on any atom is -0.325 e. The van der Waals surface area contributed by atoms with Crippen molar-refractivity contribution in [3.63, 3.8) is 0 Å². The van der Waals surface area contributed by atoms with E-state index in [1.807, 2.05) is 5.38 Å². The summed E-state index contributed by atoms with van der Waals surface area (Å²) in [5.41, 5.74) is 6.41. The van der Waals surface area contributed by atoms with Gasteiger partial charge in [0.1, 0.15) is 10.8 Å². The van der Waals surface area contributed by atoms with E-state index in [9.17, 15) is 4.39 Å². The second-order valence-electron chi connectivity index (χ2n) is 3.18. The minimum absolute atomic E-state index is 0.205. The number of thiazole rings is 1. The number of halogens is 1. The van der Waals surface area contributed by atoms with E-state index >= 15 is 0 Å². The Morgan fingerprint density at radius 1 is 1.31 bits per heavy atom. The number of nitrogens with two attached hydrogens (primary N) is 1. The molecule has 0 atom stereocenters. The van der Waals surface area contributed by atoms with E-state index in [1.165, 1.54) is 12.1 Å². The number of aromatic nitrogens is 1. The van der Waals surface area contributed by atoms with Crippen molar-refractivity contribution in [1.82, 2.24) is 4.98 Å². The molecule has 84 valence electrons. The largest absolute Gasteiger partial charge is 0.325 e. The summed E-state index contributed by atoms with van der Waals surface area (Å²) in [6.07, 6.45) is 0. The lowest BCUT2D eigenvalue weighted by Crippen LogP contribution is -1.96. The standard InChI is InChI=1S/C11H11FN2S2/c12-8-1-3-10(4-2-8)15-7-11-14-9(5-13)6-16-11/h1-4,6H,5,7,13H2. The summed E-state index contributed by atoms with van der Waals surface area (Å²) in [5, 5.41) is 3.02. The quantitative estimate of drug-likeness (QED) is 0.852. The van der Waals surface area contributed by atoms with Crippen molar-refractivity contribution in [3.8, 4) is 0 Å². The lowest BCUT2D eigenvalue weighted by Gasteiger charge is -1.98. The molecule has 0 fully saturated rings. The predicted molar refractivity (Wildman–Crippen MR) is 66.0 cm³/mol. The Morgan fingerprint density at radius 3 is 2.69 bits per heavy atom. The molecule has 0 saturated carbocycles. The average molecular weight is 254 g/mol. The van der Waals surface area contributed by atoms with Crippen molar-refractivity contribution < 1.29 is 4.39 Å². The number of thioether (sulfide) groups is 1. The normalized spacial score (nSPS) is 10.6. The molecule has 16 heavy (non-hydrogen) atoms. The lowest BCUT2D eigenvalue weighted by molar-refractivity contribution is 0.626. The lowest BCUT2D eigenvalue weighted by atomic mass is 10.4. The third kappa shape index (κ3) is 3.04. The summed E-state index contributed by atoms with van der Waals surface area (Å²) >= 11 is 3.26. The van der Waals surface area contributed by atoms with Crippen molar-refractivity contribution >= 4 is 23.1 Å². The van der Waals surface area contributed by atoms with Gasteiger partial charge in [0.2, 0.25) is 0 Å². The highest BCUT2D eigenvalue weighted by molar-refractivity contribution is 7.98. The third-order valence-electron chi connectivity index (χ3n) is 1.98. The molecule has 0 aliphatic carbocycles. The van der Waals surface area contributed by atoms with Crippen LogP contribution in [0.5, 0.6) is 0 Å². The van der Waals surface area contributed by atoms with Crippen molar-refractivity contribution in [2.24, 2.45) is 5.73 Å². The van der Waals surface area contributed by atoms with E-state index in [4.69, 9.17) is 5.73 Å². The Balaban J connectivity index is 1.94. The summed E-state index contributed by atoms with van der Waals surface area (Å²) < 4.78 is 12.7. The van der Waals surface area contributed by atoms with Gasteiger partial charge in [-0.3, -0.25) is 0 Å². The summed E-state index contributed by atoms with van der Waals surface area (Å²) in [6.45, 7) is 0.484. The minimum atomic E-state index is -0.205. The van der Waals surface area contributed by atoms with Crippen LogP contribution >= 0.6 is 23.1 Å². The number of hydrogen-bond donors (Lipinski definition) is 1. The van der Waals surface area contributed by atoms with Crippen LogP contribution in [-0.2, 0) is 12.3 Å². The maximum Gasteiger partial charge on any atom is 0.123 e. The zero-order chi connectivity index (χ0) is 11.4. The van der Waals surface area contributed by atoms with Gasteiger partial charge in [-0.1, -0.05) is 0 Å². The van der Waals surface area contributed by atoms with Gasteiger partial charge in [0.15, 0.2) is 0 Å². The molecular weight excluding hydrogens is 243 g/mol. The Bertz CT molecular complexity index is 453. The monoisotopic (exact) mass is 254 g/mol. The van der Waals surface area contributed by atoms with Gasteiger partial charge in [0.05, 0.1) is 11.4 Å². The second-order valence-corrected chi connectivity index (χ2v) is 5.17. The van der Waals surface area contributed by atoms with E-state index in [1.54, 1.807) is 35.2 Å². The molecule has 0 bridgehead atoms. The molecule has 5 heteroatoms. The van der Waals surface area contributed by atoms with Crippen molar-refractivity contribution in [1.29, 1.82) is 0 Å². The molecule has 2 nitrogen and oxygen atoms in total. The molecule has 1 aromatic heterocycles. The fraction of sp³-hybridized carbons (Fsp3) is 0.182. The molecule has 0 radical (unpaired) electrons. The van der Waals surface area contributed by atoms with Crippen LogP contribution < -0.4 is 5.73 Å². The molecule has 2 N–H and O–H groups in total. The number of benzene rings is 1. The van der Waals surface area contributed by atoms with Gasteiger partial charge < -0.3 is 5.73 Å². The number of rotatable bonds is 4. The van der Waals surface area contributed by atoms with Crippen LogP contribution in [0.4, 0.5) is 4.39 Å². The Morgan fingerprint density at radius 2 is 2.06 bits per heavy atom. The third-order valence-corrected chi connectivity index (χ3v) is 4.09. The van der Waals surface area contributed by atoms with Gasteiger partial charge in [0, 0.05) is 16.8 Å². The first kappa shape index (κ1) is 11.6. The van der Waals surface area contributed by atoms with Crippen LogP contribution in [0.3, 0.4) is 0 Å². The highest BCUT2D eigenvalue weighted by Crippen LogP contribution is 2.24. The van der Waals surface area contributed by atoms with Gasteiger partial charge >= 0.3 is 0 Å². The number of hydrogen-bond acceptors (Lipinski definition) is 4. The zero-order valence-corrected chi connectivity index (χ0v) is 10.2. The zero-order valence-electron chi connectivity index (χ0n) is 8.52. The van der Waals surface area contributed by atoms with E-state index < -0.39 is 0 Å². The van der Waals surface area contributed by atoms with Gasteiger partial charge in [-0.05, 0) is 24.3 Å². The molecular formula is C11H11FN2S2. The van der Waals surface area contributed by atoms with Gasteiger partial charge in [0.25, 0.3) is 0 Å². The van der Waals surface area contributed by atoms with Crippen LogP contribution in [-0.4, -0.2) is 4.98 Å². The highest BCUT2D eigenvalue weighted by Gasteiger charge is 2.01. The molecule has 0 amide bonds. The van der Waals surface area contributed by atoms with Crippen LogP contribution in [0.2, 0.25) is 0 Å². The van der Waals surface area contributed by atoms with Crippen molar-refractivity contribution in [2.45, 2.75) is 17.2 Å². The molecule has 0 unspecified atom stereocenters. The highest BCUT2D eigenvalue weighted by atomic mass is 32.2. The Labute approximate surface area is 102 Å². The van der Waals surface area contributed by atoms with E-state index in [0.29, 0.717) is 6.54 Å². The SMILES string of the molecule is NCc1csc(CSc2ccc(F)cc2)n1. The smallest absolute Gasteiger partial charge is 0.123 e. The van der Waals surface area contributed by atoms with Gasteiger partial charge in [-0.25, -0.2) is 9.37 Å². The van der Waals surface area contributed by atoms with E-state index in [-0.39, 0.29) is 5.82 Å². The molecule has 0 saturated heterocycles. The summed E-state index contributed by atoms with van der Waals surface area (Å²) in [6, 6.07) is 6.49. The van der Waals surface area contributed by atoms with Gasteiger partial charge in [-0.15, -0.1) is 23.1 Å². The fourth-order valence-electron chi connectivity index (χ4n) is 1.18. The summed E-state index contributed by atoms with van der Waals surface area (Å²) in [4.78, 5) is 5.41. The first-order valence-electron chi connectivity index (χ1n) is 4.79. The molecule has 1 aromatic carbocycles.